The molecule has 124 valence electrons. The van der Waals surface area contributed by atoms with Crippen LogP contribution in [0.25, 0.3) is 0 Å². The van der Waals surface area contributed by atoms with Crippen molar-refractivity contribution in [2.24, 2.45) is 0 Å². The van der Waals surface area contributed by atoms with E-state index in [2.05, 4.69) is 9.97 Å². The van der Waals surface area contributed by atoms with Crippen molar-refractivity contribution in [1.82, 2.24) is 19.1 Å². The van der Waals surface area contributed by atoms with Gasteiger partial charge in [0.15, 0.2) is 0 Å². The Balaban J connectivity index is 2.12. The van der Waals surface area contributed by atoms with Crippen molar-refractivity contribution in [3.05, 3.63) is 44.5 Å². The normalized spacial score (nSPS) is 10.9. The molecule has 0 fully saturated rings. The first kappa shape index (κ1) is 16.7. The lowest BCUT2D eigenvalue weighted by molar-refractivity contribution is 0.528. The fourth-order valence-electron chi connectivity index (χ4n) is 2.37. The topological polar surface area (TPSA) is 122 Å². The summed E-state index contributed by atoms with van der Waals surface area (Å²) in [7, 11) is 0. The average Bonchev–Trinajstić information content (AvgIpc) is 2.51. The van der Waals surface area contributed by atoms with E-state index in [1.165, 1.54) is 9.13 Å². The van der Waals surface area contributed by atoms with E-state index in [1.54, 1.807) is 12.4 Å². The Morgan fingerprint density at radius 3 is 1.61 bits per heavy atom. The van der Waals surface area contributed by atoms with Gasteiger partial charge in [0.25, 0.3) is 0 Å². The Bertz CT molecular complexity index is 741. The van der Waals surface area contributed by atoms with E-state index in [9.17, 15) is 9.59 Å². The highest BCUT2D eigenvalue weighted by Crippen LogP contribution is 2.07. The molecule has 0 spiro atoms. The first-order valence-electron chi connectivity index (χ1n) is 7.67. The summed E-state index contributed by atoms with van der Waals surface area (Å²) in [4.78, 5) is 31.3. The molecule has 0 aliphatic carbocycles. The van der Waals surface area contributed by atoms with Gasteiger partial charge in [-0.05, 0) is 19.3 Å². The minimum Gasteiger partial charge on any atom is -0.383 e. The van der Waals surface area contributed by atoms with E-state index >= 15 is 0 Å². The van der Waals surface area contributed by atoms with Gasteiger partial charge in [-0.1, -0.05) is 13.8 Å². The first-order valence-corrected chi connectivity index (χ1v) is 7.67. The van der Waals surface area contributed by atoms with E-state index in [0.717, 1.165) is 11.1 Å². The molecule has 8 heteroatoms. The van der Waals surface area contributed by atoms with Crippen LogP contribution < -0.4 is 22.8 Å². The van der Waals surface area contributed by atoms with Crippen LogP contribution in [0.2, 0.25) is 0 Å². The number of rotatable bonds is 6. The second-order valence-electron chi connectivity index (χ2n) is 5.32. The zero-order chi connectivity index (χ0) is 17.0. The SMILES string of the molecule is CCc1cn(CCCn2cc(CC)c(N)nc2=O)c(=O)nc1N. The fourth-order valence-corrected chi connectivity index (χ4v) is 2.37. The second kappa shape index (κ2) is 7.08. The Morgan fingerprint density at radius 1 is 0.870 bits per heavy atom. The largest absolute Gasteiger partial charge is 0.383 e. The van der Waals surface area contributed by atoms with Crippen LogP contribution in [0, 0.1) is 0 Å². The van der Waals surface area contributed by atoms with E-state index in [0.29, 0.717) is 32.4 Å². The molecular formula is C15H22N6O2. The predicted octanol–water partition coefficient (Wildman–Crippen LogP) is 0.180. The molecule has 8 nitrogen and oxygen atoms in total. The molecule has 2 heterocycles. The molecule has 2 rings (SSSR count). The quantitative estimate of drug-likeness (QED) is 0.783. The Morgan fingerprint density at radius 2 is 1.26 bits per heavy atom. The molecule has 0 amide bonds. The monoisotopic (exact) mass is 318 g/mol. The zero-order valence-corrected chi connectivity index (χ0v) is 13.5. The summed E-state index contributed by atoms with van der Waals surface area (Å²) in [6.45, 7) is 4.82. The fraction of sp³-hybridized carbons (Fsp3) is 0.467. The zero-order valence-electron chi connectivity index (χ0n) is 13.5. The number of aromatic nitrogens is 4. The molecule has 0 aliphatic rings. The molecule has 0 bridgehead atoms. The third kappa shape index (κ3) is 3.77. The van der Waals surface area contributed by atoms with Crippen molar-refractivity contribution in [1.29, 1.82) is 0 Å². The number of hydrogen-bond donors (Lipinski definition) is 2. The third-order valence-corrected chi connectivity index (χ3v) is 3.76. The number of aryl methyl sites for hydroxylation is 4. The Labute approximate surface area is 133 Å². The number of nitrogen functional groups attached to an aromatic ring is 2. The minimum atomic E-state index is -0.378. The molecule has 0 unspecified atom stereocenters. The molecule has 0 radical (unpaired) electrons. The summed E-state index contributed by atoms with van der Waals surface area (Å²) in [5.74, 6) is 0.556. The predicted molar refractivity (Wildman–Crippen MR) is 89.2 cm³/mol. The lowest BCUT2D eigenvalue weighted by Crippen LogP contribution is -2.28. The maximum absolute atomic E-state index is 11.8. The van der Waals surface area contributed by atoms with E-state index in [1.807, 2.05) is 13.8 Å². The van der Waals surface area contributed by atoms with Gasteiger partial charge in [-0.25, -0.2) is 9.59 Å². The summed E-state index contributed by atoms with van der Waals surface area (Å²) in [5.41, 5.74) is 12.3. The van der Waals surface area contributed by atoms with Gasteiger partial charge >= 0.3 is 11.4 Å². The third-order valence-electron chi connectivity index (χ3n) is 3.76. The van der Waals surface area contributed by atoms with Gasteiger partial charge in [0.2, 0.25) is 0 Å². The molecule has 0 atom stereocenters. The van der Waals surface area contributed by atoms with Crippen LogP contribution in [-0.2, 0) is 25.9 Å². The van der Waals surface area contributed by atoms with Crippen LogP contribution in [0.5, 0.6) is 0 Å². The average molecular weight is 318 g/mol. The van der Waals surface area contributed by atoms with Crippen LogP contribution >= 0.6 is 0 Å². The van der Waals surface area contributed by atoms with Crippen molar-refractivity contribution >= 4 is 11.6 Å². The van der Waals surface area contributed by atoms with E-state index in [-0.39, 0.29) is 23.0 Å². The number of hydrogen-bond acceptors (Lipinski definition) is 6. The van der Waals surface area contributed by atoms with E-state index in [4.69, 9.17) is 11.5 Å². The Kier molecular flexibility index (Phi) is 5.15. The summed E-state index contributed by atoms with van der Waals surface area (Å²) in [6, 6.07) is 0. The Hall–Kier alpha value is -2.64. The van der Waals surface area contributed by atoms with Crippen molar-refractivity contribution < 1.29 is 0 Å². The smallest absolute Gasteiger partial charge is 0.349 e. The summed E-state index contributed by atoms with van der Waals surface area (Å²) in [6.07, 6.45) is 5.47. The molecule has 2 aromatic heterocycles. The summed E-state index contributed by atoms with van der Waals surface area (Å²) < 4.78 is 3.04. The number of nitrogens with zero attached hydrogens (tertiary/aromatic N) is 4. The molecular weight excluding hydrogens is 296 g/mol. The van der Waals surface area contributed by atoms with Crippen LogP contribution in [-0.4, -0.2) is 19.1 Å². The highest BCUT2D eigenvalue weighted by Gasteiger charge is 2.06. The standard InChI is InChI=1S/C15H22N6O2/c1-3-10-8-20(14(22)18-12(10)16)6-5-7-21-9-11(4-2)13(17)19-15(21)23/h8-9H,3-7H2,1-2H3,(H2,16,18,22)(H2,17,19,23). The van der Waals surface area contributed by atoms with Crippen molar-refractivity contribution in [2.45, 2.75) is 46.2 Å². The van der Waals surface area contributed by atoms with Crippen molar-refractivity contribution in [2.75, 3.05) is 11.5 Å². The maximum atomic E-state index is 11.8. The van der Waals surface area contributed by atoms with Gasteiger partial charge in [0.1, 0.15) is 11.6 Å². The molecule has 0 aliphatic heterocycles. The molecule has 23 heavy (non-hydrogen) atoms. The first-order chi connectivity index (χ1) is 11.0. The number of nitrogens with two attached hydrogens (primary N) is 2. The highest BCUT2D eigenvalue weighted by molar-refractivity contribution is 5.37. The van der Waals surface area contributed by atoms with Gasteiger partial charge in [-0.15, -0.1) is 0 Å². The number of anilines is 2. The molecule has 0 saturated heterocycles. The van der Waals surface area contributed by atoms with Crippen LogP contribution in [0.3, 0.4) is 0 Å². The summed E-state index contributed by atoms with van der Waals surface area (Å²) in [5, 5.41) is 0. The lowest BCUT2D eigenvalue weighted by Gasteiger charge is -2.11. The van der Waals surface area contributed by atoms with E-state index < -0.39 is 0 Å². The molecule has 0 aromatic carbocycles. The van der Waals surface area contributed by atoms with Gasteiger partial charge < -0.3 is 11.5 Å². The van der Waals surface area contributed by atoms with Gasteiger partial charge in [-0.3, -0.25) is 9.13 Å². The van der Waals surface area contributed by atoms with Gasteiger partial charge in [0.05, 0.1) is 0 Å². The highest BCUT2D eigenvalue weighted by atomic mass is 16.1. The molecule has 2 aromatic rings. The summed E-state index contributed by atoms with van der Waals surface area (Å²) >= 11 is 0. The van der Waals surface area contributed by atoms with Gasteiger partial charge in [0, 0.05) is 36.6 Å². The molecule has 4 N–H and O–H groups in total. The lowest BCUT2D eigenvalue weighted by atomic mass is 10.2. The van der Waals surface area contributed by atoms with Crippen LogP contribution in [0.1, 0.15) is 31.4 Å². The van der Waals surface area contributed by atoms with Gasteiger partial charge in [-0.2, -0.15) is 9.97 Å². The minimum absolute atomic E-state index is 0.278. The second-order valence-corrected chi connectivity index (χ2v) is 5.32. The van der Waals surface area contributed by atoms with Crippen molar-refractivity contribution in [3.8, 4) is 0 Å². The van der Waals surface area contributed by atoms with Crippen molar-refractivity contribution in [3.63, 3.8) is 0 Å². The van der Waals surface area contributed by atoms with Crippen LogP contribution in [0.4, 0.5) is 11.6 Å². The van der Waals surface area contributed by atoms with Crippen LogP contribution in [0.15, 0.2) is 22.0 Å². The molecule has 0 saturated carbocycles. The maximum Gasteiger partial charge on any atom is 0.349 e.